The first-order valence-electron chi connectivity index (χ1n) is 9.50. The van der Waals surface area contributed by atoms with Crippen molar-refractivity contribution in [2.24, 2.45) is 11.1 Å². The standard InChI is InChI=1S/C20H22Cl2N6O/c1-11-17(24)20(10-29-11)5-7-28(8-6-20)19-14(9-23)26-16(18(25)27-19)12-3-2-4-13(21)15(12)22/h2-4,11,17H,5-8,10,24H2,1H3,(H2,25,27)/t11-,17?/m0/s1. The second kappa shape index (κ2) is 7.62. The zero-order valence-corrected chi connectivity index (χ0v) is 17.5. The molecule has 2 atom stereocenters. The van der Waals surface area contributed by atoms with Gasteiger partial charge in [0.1, 0.15) is 11.8 Å². The summed E-state index contributed by atoms with van der Waals surface area (Å²) >= 11 is 12.4. The van der Waals surface area contributed by atoms with Crippen molar-refractivity contribution in [3.63, 3.8) is 0 Å². The number of ether oxygens (including phenoxy) is 1. The fraction of sp³-hybridized carbons (Fsp3) is 0.450. The number of anilines is 2. The van der Waals surface area contributed by atoms with E-state index in [9.17, 15) is 5.26 Å². The number of aromatic nitrogens is 2. The fourth-order valence-corrected chi connectivity index (χ4v) is 4.65. The van der Waals surface area contributed by atoms with Crippen LogP contribution in [0.3, 0.4) is 0 Å². The van der Waals surface area contributed by atoms with Gasteiger partial charge in [-0.2, -0.15) is 5.26 Å². The van der Waals surface area contributed by atoms with Crippen LogP contribution in [0.1, 0.15) is 25.5 Å². The number of nitrogens with two attached hydrogens (primary N) is 2. The zero-order valence-electron chi connectivity index (χ0n) is 16.0. The molecule has 4 rings (SSSR count). The second-order valence-electron chi connectivity index (χ2n) is 7.73. The van der Waals surface area contributed by atoms with Crippen LogP contribution < -0.4 is 16.4 Å². The SMILES string of the molecule is C[C@@H]1OCC2(CCN(c3nc(N)c(-c4cccc(Cl)c4Cl)nc3C#N)CC2)C1N. The van der Waals surface area contributed by atoms with Crippen LogP contribution in [-0.2, 0) is 4.74 Å². The van der Waals surface area contributed by atoms with Crippen molar-refractivity contribution < 1.29 is 4.74 Å². The molecule has 2 aromatic rings. The number of halogens is 2. The van der Waals surface area contributed by atoms with Gasteiger partial charge in [0.2, 0.25) is 0 Å². The van der Waals surface area contributed by atoms with E-state index in [4.69, 9.17) is 39.4 Å². The molecule has 7 nitrogen and oxygen atoms in total. The number of nitrogen functional groups attached to an aromatic ring is 1. The van der Waals surface area contributed by atoms with Crippen molar-refractivity contribution in [1.82, 2.24) is 9.97 Å². The summed E-state index contributed by atoms with van der Waals surface area (Å²) in [5, 5.41) is 10.4. The smallest absolute Gasteiger partial charge is 0.183 e. The Morgan fingerprint density at radius 2 is 2.00 bits per heavy atom. The van der Waals surface area contributed by atoms with E-state index in [1.807, 2.05) is 11.8 Å². The third kappa shape index (κ3) is 3.40. The Hall–Kier alpha value is -2.11. The number of hydrogen-bond acceptors (Lipinski definition) is 7. The van der Waals surface area contributed by atoms with E-state index in [1.165, 1.54) is 0 Å². The summed E-state index contributed by atoms with van der Waals surface area (Å²) in [7, 11) is 0. The first kappa shape index (κ1) is 20.2. The molecule has 2 saturated heterocycles. The topological polar surface area (TPSA) is 114 Å². The van der Waals surface area contributed by atoms with Crippen LogP contribution in [0.15, 0.2) is 18.2 Å². The summed E-state index contributed by atoms with van der Waals surface area (Å²) in [6, 6.07) is 7.35. The Morgan fingerprint density at radius 3 is 2.62 bits per heavy atom. The monoisotopic (exact) mass is 432 g/mol. The zero-order chi connectivity index (χ0) is 20.8. The van der Waals surface area contributed by atoms with E-state index >= 15 is 0 Å². The van der Waals surface area contributed by atoms with Crippen LogP contribution in [0.25, 0.3) is 11.3 Å². The molecule has 152 valence electrons. The van der Waals surface area contributed by atoms with Crippen LogP contribution in [0, 0.1) is 16.7 Å². The van der Waals surface area contributed by atoms with Gasteiger partial charge in [0, 0.05) is 30.1 Å². The summed E-state index contributed by atoms with van der Waals surface area (Å²) in [4.78, 5) is 11.0. The fourth-order valence-electron chi connectivity index (χ4n) is 4.26. The molecular weight excluding hydrogens is 411 g/mol. The lowest BCUT2D eigenvalue weighted by molar-refractivity contribution is 0.0974. The molecule has 1 aromatic carbocycles. The number of rotatable bonds is 2. The third-order valence-electron chi connectivity index (χ3n) is 6.12. The molecule has 0 bridgehead atoms. The van der Waals surface area contributed by atoms with Crippen molar-refractivity contribution in [2.75, 3.05) is 30.3 Å². The van der Waals surface area contributed by atoms with Gasteiger partial charge in [0.15, 0.2) is 17.3 Å². The van der Waals surface area contributed by atoms with Gasteiger partial charge in [-0.25, -0.2) is 9.97 Å². The van der Waals surface area contributed by atoms with E-state index in [0.717, 1.165) is 12.8 Å². The summed E-state index contributed by atoms with van der Waals surface area (Å²) in [5.41, 5.74) is 13.7. The lowest BCUT2D eigenvalue weighted by atomic mass is 9.73. The summed E-state index contributed by atoms with van der Waals surface area (Å²) in [5.74, 6) is 0.695. The van der Waals surface area contributed by atoms with Crippen LogP contribution in [0.4, 0.5) is 11.6 Å². The summed E-state index contributed by atoms with van der Waals surface area (Å²) < 4.78 is 5.78. The van der Waals surface area contributed by atoms with Crippen LogP contribution in [-0.4, -0.2) is 41.8 Å². The minimum absolute atomic E-state index is 0.0172. The Kier molecular flexibility index (Phi) is 5.30. The predicted octanol–water partition coefficient (Wildman–Crippen LogP) is 3.24. The quantitative estimate of drug-likeness (QED) is 0.747. The average molecular weight is 433 g/mol. The lowest BCUT2D eigenvalue weighted by Crippen LogP contribution is -2.51. The van der Waals surface area contributed by atoms with Gasteiger partial charge in [0.05, 0.1) is 22.8 Å². The van der Waals surface area contributed by atoms with Crippen molar-refractivity contribution in [3.05, 3.63) is 33.9 Å². The number of piperidine rings is 1. The molecule has 2 aliphatic heterocycles. The molecule has 3 heterocycles. The van der Waals surface area contributed by atoms with Crippen molar-refractivity contribution in [3.8, 4) is 17.3 Å². The molecule has 9 heteroatoms. The largest absolute Gasteiger partial charge is 0.382 e. The summed E-state index contributed by atoms with van der Waals surface area (Å²) in [6.45, 7) is 4.12. The molecule has 4 N–H and O–H groups in total. The maximum Gasteiger partial charge on any atom is 0.183 e. The minimum Gasteiger partial charge on any atom is -0.382 e. The molecule has 1 aromatic heterocycles. The van der Waals surface area contributed by atoms with Gasteiger partial charge in [0.25, 0.3) is 0 Å². The van der Waals surface area contributed by atoms with Crippen molar-refractivity contribution >= 4 is 34.8 Å². The molecule has 0 aliphatic carbocycles. The summed E-state index contributed by atoms with van der Waals surface area (Å²) in [6.07, 6.45) is 1.80. The van der Waals surface area contributed by atoms with E-state index in [1.54, 1.807) is 18.2 Å². The highest BCUT2D eigenvalue weighted by molar-refractivity contribution is 6.43. The van der Waals surface area contributed by atoms with Crippen LogP contribution in [0.5, 0.6) is 0 Å². The number of nitrogens with zero attached hydrogens (tertiary/aromatic N) is 4. The highest BCUT2D eigenvalue weighted by Crippen LogP contribution is 2.42. The molecular formula is C20H22Cl2N6O. The van der Waals surface area contributed by atoms with Gasteiger partial charge in [-0.1, -0.05) is 35.3 Å². The highest BCUT2D eigenvalue weighted by Gasteiger charge is 2.47. The van der Waals surface area contributed by atoms with Crippen molar-refractivity contribution in [2.45, 2.75) is 31.9 Å². The lowest BCUT2D eigenvalue weighted by Gasteiger charge is -2.41. The van der Waals surface area contributed by atoms with Crippen LogP contribution in [0.2, 0.25) is 10.0 Å². The van der Waals surface area contributed by atoms with E-state index in [2.05, 4.69) is 16.0 Å². The third-order valence-corrected chi connectivity index (χ3v) is 6.94. The Morgan fingerprint density at radius 1 is 1.28 bits per heavy atom. The normalized spacial score (nSPS) is 23.3. The van der Waals surface area contributed by atoms with Crippen LogP contribution >= 0.6 is 23.2 Å². The maximum absolute atomic E-state index is 9.70. The highest BCUT2D eigenvalue weighted by atomic mass is 35.5. The first-order chi connectivity index (χ1) is 13.9. The number of benzene rings is 1. The van der Waals surface area contributed by atoms with Gasteiger partial charge in [-0.15, -0.1) is 0 Å². The maximum atomic E-state index is 9.70. The molecule has 2 aliphatic rings. The Labute approximate surface area is 179 Å². The Balaban J connectivity index is 1.64. The van der Waals surface area contributed by atoms with Crippen molar-refractivity contribution in [1.29, 1.82) is 5.26 Å². The van der Waals surface area contributed by atoms with Gasteiger partial charge < -0.3 is 21.1 Å². The van der Waals surface area contributed by atoms with Gasteiger partial charge >= 0.3 is 0 Å². The molecule has 0 amide bonds. The van der Waals surface area contributed by atoms with Gasteiger partial charge in [-0.3, -0.25) is 0 Å². The number of nitriles is 1. The molecule has 0 saturated carbocycles. The molecule has 0 radical (unpaired) electrons. The van der Waals surface area contributed by atoms with E-state index < -0.39 is 0 Å². The van der Waals surface area contributed by atoms with E-state index in [-0.39, 0.29) is 29.1 Å². The average Bonchev–Trinajstić information content (AvgIpc) is 2.99. The predicted molar refractivity (Wildman–Crippen MR) is 114 cm³/mol. The Bertz CT molecular complexity index is 984. The number of hydrogen-bond donors (Lipinski definition) is 2. The van der Waals surface area contributed by atoms with Gasteiger partial charge in [-0.05, 0) is 25.8 Å². The minimum atomic E-state index is -0.0179. The molecule has 29 heavy (non-hydrogen) atoms. The van der Waals surface area contributed by atoms with E-state index in [0.29, 0.717) is 46.8 Å². The molecule has 1 spiro atoms. The second-order valence-corrected chi connectivity index (χ2v) is 8.52. The first-order valence-corrected chi connectivity index (χ1v) is 10.3. The molecule has 2 fully saturated rings. The molecule has 1 unspecified atom stereocenters.